The quantitative estimate of drug-likeness (QED) is 0.838. The average molecular weight is 267 g/mol. The molecule has 18 heavy (non-hydrogen) atoms. The van der Waals surface area contributed by atoms with Gasteiger partial charge >= 0.3 is 0 Å². The van der Waals surface area contributed by atoms with E-state index in [1.54, 1.807) is 0 Å². The van der Waals surface area contributed by atoms with E-state index in [2.05, 4.69) is 31.0 Å². The van der Waals surface area contributed by atoms with Crippen molar-refractivity contribution in [2.45, 2.75) is 19.4 Å². The third-order valence-electron chi connectivity index (χ3n) is 3.82. The average Bonchev–Trinajstić information content (AvgIpc) is 2.68. The van der Waals surface area contributed by atoms with E-state index in [0.717, 1.165) is 13.0 Å². The molecule has 100 valence electrons. The summed E-state index contributed by atoms with van der Waals surface area (Å²) in [5.74, 6) is 1.02. The smallest absolute Gasteiger partial charge is 0.150 e. The Hall–Kier alpha value is -0.870. The summed E-state index contributed by atoms with van der Waals surface area (Å²) >= 11 is 0. The second-order valence-corrected chi connectivity index (χ2v) is 7.52. The monoisotopic (exact) mass is 267 g/mol. The van der Waals surface area contributed by atoms with Crippen molar-refractivity contribution >= 4 is 9.84 Å². The molecule has 3 nitrogen and oxygen atoms in total. The van der Waals surface area contributed by atoms with Crippen molar-refractivity contribution in [3.63, 3.8) is 0 Å². The molecule has 1 aromatic carbocycles. The molecule has 0 unspecified atom stereocenters. The van der Waals surface area contributed by atoms with Gasteiger partial charge in [0.15, 0.2) is 9.84 Å². The first-order chi connectivity index (χ1) is 8.48. The van der Waals surface area contributed by atoms with Crippen molar-refractivity contribution in [3.05, 3.63) is 35.9 Å². The molecular formula is C14H21NO2S. The summed E-state index contributed by atoms with van der Waals surface area (Å²) in [5.41, 5.74) is 1.28. The van der Waals surface area contributed by atoms with Gasteiger partial charge in [-0.25, -0.2) is 8.42 Å². The molecule has 0 aliphatic carbocycles. The van der Waals surface area contributed by atoms with Gasteiger partial charge in [0.05, 0.1) is 11.5 Å². The van der Waals surface area contributed by atoms with Crippen LogP contribution in [0.3, 0.4) is 0 Å². The van der Waals surface area contributed by atoms with Crippen LogP contribution in [-0.2, 0) is 9.84 Å². The van der Waals surface area contributed by atoms with Crippen molar-refractivity contribution in [1.29, 1.82) is 0 Å². The Kier molecular flexibility index (Phi) is 4.07. The molecule has 0 radical (unpaired) electrons. The van der Waals surface area contributed by atoms with Crippen LogP contribution in [0.15, 0.2) is 30.3 Å². The molecule has 2 atom stereocenters. The number of benzene rings is 1. The highest BCUT2D eigenvalue weighted by Gasteiger charge is 2.29. The molecule has 1 saturated heterocycles. The summed E-state index contributed by atoms with van der Waals surface area (Å²) < 4.78 is 22.9. The molecule has 0 spiro atoms. The molecule has 0 N–H and O–H groups in total. The van der Waals surface area contributed by atoms with Gasteiger partial charge in [-0.3, -0.25) is 4.90 Å². The lowest BCUT2D eigenvalue weighted by atomic mass is 10.0. The van der Waals surface area contributed by atoms with Gasteiger partial charge in [0.25, 0.3) is 0 Å². The maximum atomic E-state index is 11.4. The van der Waals surface area contributed by atoms with Crippen molar-refractivity contribution < 1.29 is 8.42 Å². The van der Waals surface area contributed by atoms with Gasteiger partial charge < -0.3 is 0 Å². The molecule has 0 amide bonds. The number of rotatable bonds is 4. The molecule has 1 heterocycles. The summed E-state index contributed by atoms with van der Waals surface area (Å²) in [6, 6.07) is 10.7. The van der Waals surface area contributed by atoms with E-state index in [4.69, 9.17) is 0 Å². The zero-order valence-electron chi connectivity index (χ0n) is 11.0. The minimum Gasteiger partial charge on any atom is -0.299 e. The van der Waals surface area contributed by atoms with Crippen LogP contribution in [0, 0.1) is 5.92 Å². The Labute approximate surface area is 110 Å². The summed E-state index contributed by atoms with van der Waals surface area (Å²) in [5, 5.41) is 0. The SMILES string of the molecule is C[C@H](c1ccccc1)N(C)C[C@@H]1CCS(=O)(=O)C1. The van der Waals surface area contributed by atoms with Crippen LogP contribution in [0.2, 0.25) is 0 Å². The van der Waals surface area contributed by atoms with Crippen molar-refractivity contribution in [1.82, 2.24) is 4.90 Å². The number of hydrogen-bond acceptors (Lipinski definition) is 3. The molecule has 1 fully saturated rings. The van der Waals surface area contributed by atoms with Gasteiger partial charge in [-0.05, 0) is 31.9 Å². The topological polar surface area (TPSA) is 37.4 Å². The van der Waals surface area contributed by atoms with Gasteiger partial charge in [0.1, 0.15) is 0 Å². The van der Waals surface area contributed by atoms with Crippen LogP contribution in [0.1, 0.15) is 24.9 Å². The van der Waals surface area contributed by atoms with Gasteiger partial charge in [-0.2, -0.15) is 0 Å². The Balaban J connectivity index is 1.94. The molecule has 0 bridgehead atoms. The maximum absolute atomic E-state index is 11.4. The molecule has 1 aliphatic heterocycles. The summed E-state index contributed by atoms with van der Waals surface area (Å²) in [4.78, 5) is 2.25. The second kappa shape index (κ2) is 5.41. The minimum absolute atomic E-state index is 0.297. The van der Waals surface area contributed by atoms with Crippen LogP contribution in [0.5, 0.6) is 0 Å². The predicted molar refractivity (Wildman–Crippen MR) is 74.2 cm³/mol. The van der Waals surface area contributed by atoms with Gasteiger partial charge in [-0.1, -0.05) is 30.3 Å². The lowest BCUT2D eigenvalue weighted by molar-refractivity contribution is 0.228. The first kappa shape index (κ1) is 13.6. The fraction of sp³-hybridized carbons (Fsp3) is 0.571. The minimum atomic E-state index is -2.76. The zero-order valence-corrected chi connectivity index (χ0v) is 11.9. The number of nitrogens with zero attached hydrogens (tertiary/aromatic N) is 1. The lowest BCUT2D eigenvalue weighted by Crippen LogP contribution is -2.29. The predicted octanol–water partition coefficient (Wildman–Crippen LogP) is 2.11. The Morgan fingerprint density at radius 1 is 1.33 bits per heavy atom. The first-order valence-corrected chi connectivity index (χ1v) is 8.26. The van der Waals surface area contributed by atoms with Crippen LogP contribution in [0.25, 0.3) is 0 Å². The molecular weight excluding hydrogens is 246 g/mol. The van der Waals surface area contributed by atoms with E-state index in [1.807, 2.05) is 18.2 Å². The Morgan fingerprint density at radius 3 is 2.56 bits per heavy atom. The van der Waals surface area contributed by atoms with E-state index in [-0.39, 0.29) is 0 Å². The largest absolute Gasteiger partial charge is 0.299 e. The number of hydrogen-bond donors (Lipinski definition) is 0. The van der Waals surface area contributed by atoms with E-state index in [0.29, 0.717) is 23.5 Å². The highest BCUT2D eigenvalue weighted by atomic mass is 32.2. The first-order valence-electron chi connectivity index (χ1n) is 6.43. The van der Waals surface area contributed by atoms with Gasteiger partial charge in [-0.15, -0.1) is 0 Å². The zero-order chi connectivity index (χ0) is 13.2. The normalized spacial score (nSPS) is 24.3. The van der Waals surface area contributed by atoms with Crippen LogP contribution in [0.4, 0.5) is 0 Å². The van der Waals surface area contributed by atoms with E-state index >= 15 is 0 Å². The number of sulfone groups is 1. The van der Waals surface area contributed by atoms with Crippen molar-refractivity contribution in [3.8, 4) is 0 Å². The second-order valence-electron chi connectivity index (χ2n) is 5.30. The summed E-state index contributed by atoms with van der Waals surface area (Å²) in [7, 11) is -0.686. The van der Waals surface area contributed by atoms with E-state index in [1.165, 1.54) is 5.56 Å². The van der Waals surface area contributed by atoms with E-state index in [9.17, 15) is 8.42 Å². The van der Waals surface area contributed by atoms with E-state index < -0.39 is 9.84 Å². The molecule has 1 aromatic rings. The third kappa shape index (κ3) is 3.33. The maximum Gasteiger partial charge on any atom is 0.150 e. The Morgan fingerprint density at radius 2 is 2.00 bits per heavy atom. The van der Waals surface area contributed by atoms with Crippen molar-refractivity contribution in [2.24, 2.45) is 5.92 Å². The molecule has 1 aliphatic rings. The van der Waals surface area contributed by atoms with Crippen molar-refractivity contribution in [2.75, 3.05) is 25.1 Å². The molecule has 0 aromatic heterocycles. The summed E-state index contributed by atoms with van der Waals surface area (Å²) in [6.07, 6.45) is 0.814. The van der Waals surface area contributed by atoms with Crippen LogP contribution < -0.4 is 0 Å². The highest BCUT2D eigenvalue weighted by molar-refractivity contribution is 7.91. The molecule has 2 rings (SSSR count). The highest BCUT2D eigenvalue weighted by Crippen LogP contribution is 2.24. The van der Waals surface area contributed by atoms with Gasteiger partial charge in [0, 0.05) is 12.6 Å². The Bertz CT molecular complexity index is 484. The van der Waals surface area contributed by atoms with Crippen LogP contribution in [-0.4, -0.2) is 38.4 Å². The summed E-state index contributed by atoms with van der Waals surface area (Å²) in [6.45, 7) is 3.02. The molecule has 0 saturated carbocycles. The molecule has 4 heteroatoms. The lowest BCUT2D eigenvalue weighted by Gasteiger charge is -2.27. The fourth-order valence-corrected chi connectivity index (χ4v) is 4.42. The fourth-order valence-electron chi connectivity index (χ4n) is 2.57. The standard InChI is InChI=1S/C14H21NO2S/c1-12(14-6-4-3-5-7-14)15(2)10-13-8-9-18(16,17)11-13/h3-7,12-13H,8-11H2,1-2H3/t12-,13+/m1/s1. The third-order valence-corrected chi connectivity index (χ3v) is 5.65. The van der Waals surface area contributed by atoms with Crippen LogP contribution >= 0.6 is 0 Å². The van der Waals surface area contributed by atoms with Gasteiger partial charge in [0.2, 0.25) is 0 Å².